The van der Waals surface area contributed by atoms with Crippen LogP contribution in [-0.4, -0.2) is 15.7 Å². The minimum Gasteiger partial charge on any atom is -0.491 e. The van der Waals surface area contributed by atoms with Crippen molar-refractivity contribution in [3.8, 4) is 11.4 Å². The lowest BCUT2D eigenvalue weighted by Crippen LogP contribution is -2.06. The monoisotopic (exact) mass is 217 g/mol. The predicted octanol–water partition coefficient (Wildman–Crippen LogP) is 2.24. The third kappa shape index (κ3) is 2.34. The summed E-state index contributed by atoms with van der Waals surface area (Å²) in [7, 11) is 0. The van der Waals surface area contributed by atoms with Gasteiger partial charge in [0.05, 0.1) is 18.1 Å². The maximum Gasteiger partial charge on any atom is 0.123 e. The van der Waals surface area contributed by atoms with Gasteiger partial charge in [0.2, 0.25) is 0 Å². The zero-order valence-corrected chi connectivity index (χ0v) is 9.42. The molecule has 0 saturated heterocycles. The highest BCUT2D eigenvalue weighted by molar-refractivity contribution is 5.53. The maximum absolute atomic E-state index is 5.83. The van der Waals surface area contributed by atoms with Crippen LogP contribution in [0.15, 0.2) is 36.9 Å². The van der Waals surface area contributed by atoms with Crippen LogP contribution in [0.3, 0.4) is 0 Å². The fraction of sp³-hybridized carbons (Fsp3) is 0.250. The summed E-state index contributed by atoms with van der Waals surface area (Å²) < 4.78 is 7.51. The standard InChI is InChI=1S/C12H15N3O/c1-9(2)16-12-6-10(13)5-11(7-12)15-4-3-14-8-15/h3-9H,13H2,1-2H3. The number of anilines is 1. The van der Waals surface area contributed by atoms with Gasteiger partial charge in [-0.2, -0.15) is 0 Å². The molecule has 0 spiro atoms. The van der Waals surface area contributed by atoms with Gasteiger partial charge in [0.1, 0.15) is 5.75 Å². The molecule has 0 saturated carbocycles. The van der Waals surface area contributed by atoms with Gasteiger partial charge in [-0.1, -0.05) is 0 Å². The van der Waals surface area contributed by atoms with Crippen molar-refractivity contribution in [1.29, 1.82) is 0 Å². The highest BCUT2D eigenvalue weighted by Gasteiger charge is 2.03. The van der Waals surface area contributed by atoms with E-state index in [0.717, 1.165) is 11.4 Å². The molecule has 1 heterocycles. The van der Waals surface area contributed by atoms with Crippen LogP contribution in [0.5, 0.6) is 5.75 Å². The summed E-state index contributed by atoms with van der Waals surface area (Å²) in [6.45, 7) is 3.97. The molecular formula is C12H15N3O. The van der Waals surface area contributed by atoms with E-state index in [2.05, 4.69) is 4.98 Å². The Bertz CT molecular complexity index is 463. The van der Waals surface area contributed by atoms with Crippen molar-refractivity contribution in [3.63, 3.8) is 0 Å². The Balaban J connectivity index is 2.36. The fourth-order valence-electron chi connectivity index (χ4n) is 1.51. The van der Waals surface area contributed by atoms with E-state index in [0.29, 0.717) is 5.69 Å². The smallest absolute Gasteiger partial charge is 0.123 e. The first-order chi connectivity index (χ1) is 7.65. The molecular weight excluding hydrogens is 202 g/mol. The van der Waals surface area contributed by atoms with E-state index in [9.17, 15) is 0 Å². The molecule has 0 amide bonds. The van der Waals surface area contributed by atoms with Gasteiger partial charge >= 0.3 is 0 Å². The highest BCUT2D eigenvalue weighted by Crippen LogP contribution is 2.22. The number of nitrogens with two attached hydrogens (primary N) is 1. The first-order valence-electron chi connectivity index (χ1n) is 5.20. The van der Waals surface area contributed by atoms with Crippen molar-refractivity contribution in [2.24, 2.45) is 0 Å². The Kier molecular flexibility index (Phi) is 2.81. The summed E-state index contributed by atoms with van der Waals surface area (Å²) >= 11 is 0. The number of aromatic nitrogens is 2. The number of hydrogen-bond donors (Lipinski definition) is 1. The summed E-state index contributed by atoms with van der Waals surface area (Å²) in [5.41, 5.74) is 7.46. The number of nitrogens with zero attached hydrogens (tertiary/aromatic N) is 2. The molecule has 0 bridgehead atoms. The van der Waals surface area contributed by atoms with Crippen LogP contribution in [0.2, 0.25) is 0 Å². The lowest BCUT2D eigenvalue weighted by atomic mass is 10.2. The molecule has 2 rings (SSSR count). The summed E-state index contributed by atoms with van der Waals surface area (Å²) in [5, 5.41) is 0. The van der Waals surface area contributed by atoms with Crippen LogP contribution >= 0.6 is 0 Å². The van der Waals surface area contributed by atoms with E-state index >= 15 is 0 Å². The third-order valence-corrected chi connectivity index (χ3v) is 2.09. The maximum atomic E-state index is 5.83. The summed E-state index contributed by atoms with van der Waals surface area (Å²) in [6.07, 6.45) is 5.46. The average molecular weight is 217 g/mol. The van der Waals surface area contributed by atoms with E-state index in [-0.39, 0.29) is 6.10 Å². The molecule has 1 aromatic carbocycles. The average Bonchev–Trinajstić information content (AvgIpc) is 2.67. The van der Waals surface area contributed by atoms with E-state index in [1.54, 1.807) is 12.5 Å². The van der Waals surface area contributed by atoms with Crippen LogP contribution in [0.4, 0.5) is 5.69 Å². The van der Waals surface area contributed by atoms with Crippen LogP contribution in [-0.2, 0) is 0 Å². The largest absolute Gasteiger partial charge is 0.491 e. The van der Waals surface area contributed by atoms with Gasteiger partial charge in [0.15, 0.2) is 0 Å². The van der Waals surface area contributed by atoms with Gasteiger partial charge in [0.25, 0.3) is 0 Å². The second-order valence-corrected chi connectivity index (χ2v) is 3.90. The van der Waals surface area contributed by atoms with Crippen molar-refractivity contribution in [2.45, 2.75) is 20.0 Å². The molecule has 2 aromatic rings. The minimum absolute atomic E-state index is 0.137. The number of ether oxygens (including phenoxy) is 1. The predicted molar refractivity (Wildman–Crippen MR) is 63.7 cm³/mol. The fourth-order valence-corrected chi connectivity index (χ4v) is 1.51. The van der Waals surface area contributed by atoms with E-state index < -0.39 is 0 Å². The van der Waals surface area contributed by atoms with Crippen LogP contribution < -0.4 is 10.5 Å². The molecule has 4 nitrogen and oxygen atoms in total. The highest BCUT2D eigenvalue weighted by atomic mass is 16.5. The molecule has 0 radical (unpaired) electrons. The van der Waals surface area contributed by atoms with Gasteiger partial charge in [-0.25, -0.2) is 4.98 Å². The topological polar surface area (TPSA) is 53.1 Å². The SMILES string of the molecule is CC(C)Oc1cc(N)cc(-n2ccnc2)c1. The van der Waals surface area contributed by atoms with Crippen molar-refractivity contribution < 1.29 is 4.74 Å². The second-order valence-electron chi connectivity index (χ2n) is 3.90. The Hall–Kier alpha value is -1.97. The van der Waals surface area contributed by atoms with Crippen molar-refractivity contribution in [1.82, 2.24) is 9.55 Å². The number of imidazole rings is 1. The summed E-state index contributed by atoms with van der Waals surface area (Å²) in [4.78, 5) is 4.00. The second kappa shape index (κ2) is 4.26. The van der Waals surface area contributed by atoms with Gasteiger partial charge in [-0.15, -0.1) is 0 Å². The molecule has 0 fully saturated rings. The normalized spacial score (nSPS) is 10.7. The molecule has 16 heavy (non-hydrogen) atoms. The zero-order valence-electron chi connectivity index (χ0n) is 9.42. The van der Waals surface area contributed by atoms with Crippen molar-refractivity contribution in [3.05, 3.63) is 36.9 Å². The molecule has 0 aliphatic carbocycles. The number of hydrogen-bond acceptors (Lipinski definition) is 3. The molecule has 2 N–H and O–H groups in total. The molecule has 0 atom stereocenters. The zero-order chi connectivity index (χ0) is 11.5. The Labute approximate surface area is 94.7 Å². The minimum atomic E-state index is 0.137. The number of rotatable bonds is 3. The van der Waals surface area contributed by atoms with Gasteiger partial charge in [-0.3, -0.25) is 0 Å². The number of nitrogen functional groups attached to an aromatic ring is 1. The van der Waals surface area contributed by atoms with Gasteiger partial charge < -0.3 is 15.0 Å². The summed E-state index contributed by atoms with van der Waals surface area (Å²) in [6, 6.07) is 5.65. The van der Waals surface area contributed by atoms with Crippen molar-refractivity contribution in [2.75, 3.05) is 5.73 Å². The van der Waals surface area contributed by atoms with Crippen LogP contribution in [0.25, 0.3) is 5.69 Å². The van der Waals surface area contributed by atoms with Gasteiger partial charge in [0, 0.05) is 30.2 Å². The molecule has 4 heteroatoms. The Morgan fingerprint density at radius 2 is 2.12 bits per heavy atom. The quantitative estimate of drug-likeness (QED) is 0.802. The number of benzene rings is 1. The third-order valence-electron chi connectivity index (χ3n) is 2.09. The molecule has 84 valence electrons. The Morgan fingerprint density at radius 1 is 1.31 bits per heavy atom. The van der Waals surface area contributed by atoms with Gasteiger partial charge in [-0.05, 0) is 19.9 Å². The molecule has 0 unspecified atom stereocenters. The molecule has 0 aliphatic rings. The lowest BCUT2D eigenvalue weighted by Gasteiger charge is -2.12. The van der Waals surface area contributed by atoms with Crippen LogP contribution in [0, 0.1) is 0 Å². The lowest BCUT2D eigenvalue weighted by molar-refractivity contribution is 0.242. The summed E-state index contributed by atoms with van der Waals surface area (Å²) in [5.74, 6) is 0.777. The van der Waals surface area contributed by atoms with E-state index in [1.165, 1.54) is 0 Å². The van der Waals surface area contributed by atoms with Crippen LogP contribution in [0.1, 0.15) is 13.8 Å². The van der Waals surface area contributed by atoms with E-state index in [1.807, 2.05) is 42.8 Å². The molecule has 0 aliphatic heterocycles. The molecule has 1 aromatic heterocycles. The first kappa shape index (κ1) is 10.5. The van der Waals surface area contributed by atoms with E-state index in [4.69, 9.17) is 10.5 Å². The van der Waals surface area contributed by atoms with Crippen molar-refractivity contribution >= 4 is 5.69 Å². The first-order valence-corrected chi connectivity index (χ1v) is 5.20. The Morgan fingerprint density at radius 3 is 2.75 bits per heavy atom.